The van der Waals surface area contributed by atoms with E-state index in [0.717, 1.165) is 5.69 Å². The first-order valence-electron chi connectivity index (χ1n) is 8.34. The first-order chi connectivity index (χ1) is 11.6. The molecule has 0 amide bonds. The number of quaternary nitrogens is 1. The molecular weight excluding hydrogens is 341 g/mol. The maximum atomic E-state index is 13.0. The SMILES string of the molecule is C[C@@H](NC(=S)Nc1ccc(F)cc1)[C@H](c1cccs1)[NH+]1CCCC1. The van der Waals surface area contributed by atoms with Crippen molar-refractivity contribution in [2.45, 2.75) is 31.8 Å². The second-order valence-electron chi connectivity index (χ2n) is 6.25. The summed E-state index contributed by atoms with van der Waals surface area (Å²) in [4.78, 5) is 3.03. The van der Waals surface area contributed by atoms with Crippen LogP contribution in [0.5, 0.6) is 0 Å². The van der Waals surface area contributed by atoms with Crippen LogP contribution in [-0.4, -0.2) is 24.2 Å². The highest BCUT2D eigenvalue weighted by Crippen LogP contribution is 2.21. The van der Waals surface area contributed by atoms with Crippen LogP contribution < -0.4 is 15.5 Å². The summed E-state index contributed by atoms with van der Waals surface area (Å²) < 4.78 is 13.0. The lowest BCUT2D eigenvalue weighted by Crippen LogP contribution is -3.11. The third-order valence-electron chi connectivity index (χ3n) is 4.50. The Hall–Kier alpha value is -1.50. The number of hydrogen-bond donors (Lipinski definition) is 3. The van der Waals surface area contributed by atoms with Gasteiger partial charge in [0.2, 0.25) is 0 Å². The zero-order chi connectivity index (χ0) is 16.9. The van der Waals surface area contributed by atoms with Crippen molar-refractivity contribution in [3.63, 3.8) is 0 Å². The maximum Gasteiger partial charge on any atom is 0.171 e. The highest BCUT2D eigenvalue weighted by Gasteiger charge is 2.33. The van der Waals surface area contributed by atoms with Crippen LogP contribution in [0, 0.1) is 5.82 Å². The first-order valence-corrected chi connectivity index (χ1v) is 9.63. The molecule has 0 aliphatic carbocycles. The van der Waals surface area contributed by atoms with E-state index in [4.69, 9.17) is 12.2 Å². The molecule has 1 saturated heterocycles. The molecule has 0 radical (unpaired) electrons. The summed E-state index contributed by atoms with van der Waals surface area (Å²) in [6, 6.07) is 11.2. The van der Waals surface area contributed by atoms with E-state index in [1.165, 1.54) is 42.9 Å². The molecule has 0 saturated carbocycles. The van der Waals surface area contributed by atoms with Gasteiger partial charge in [0, 0.05) is 18.5 Å². The van der Waals surface area contributed by atoms with Crippen LogP contribution in [-0.2, 0) is 0 Å². The monoisotopic (exact) mass is 364 g/mol. The number of rotatable bonds is 5. The Kier molecular flexibility index (Phi) is 5.81. The van der Waals surface area contributed by atoms with Gasteiger partial charge < -0.3 is 15.5 Å². The van der Waals surface area contributed by atoms with Crippen molar-refractivity contribution in [1.29, 1.82) is 0 Å². The summed E-state index contributed by atoms with van der Waals surface area (Å²) >= 11 is 7.26. The lowest BCUT2D eigenvalue weighted by Gasteiger charge is -2.30. The standard InChI is InChI=1S/C18H22FN3S2/c1-13(20-18(23)21-15-8-6-14(19)7-9-15)17(16-5-4-12-24-16)22-10-2-3-11-22/h4-9,12-13,17H,2-3,10-11H2,1H3,(H2,20,21,23)/p+1/t13-,17-/m1/s1. The van der Waals surface area contributed by atoms with Crippen molar-refractivity contribution >= 4 is 34.4 Å². The smallest absolute Gasteiger partial charge is 0.171 e. The zero-order valence-electron chi connectivity index (χ0n) is 13.7. The van der Waals surface area contributed by atoms with Gasteiger partial charge in [0.15, 0.2) is 5.11 Å². The molecule has 128 valence electrons. The Balaban J connectivity index is 1.65. The van der Waals surface area contributed by atoms with Gasteiger partial charge in [-0.05, 0) is 54.9 Å². The highest BCUT2D eigenvalue weighted by molar-refractivity contribution is 7.80. The molecule has 1 aliphatic heterocycles. The van der Waals surface area contributed by atoms with Gasteiger partial charge in [-0.1, -0.05) is 6.07 Å². The molecule has 6 heteroatoms. The zero-order valence-corrected chi connectivity index (χ0v) is 15.4. The summed E-state index contributed by atoms with van der Waals surface area (Å²) in [6.07, 6.45) is 2.59. The van der Waals surface area contributed by atoms with Crippen molar-refractivity contribution < 1.29 is 9.29 Å². The van der Waals surface area contributed by atoms with E-state index < -0.39 is 0 Å². The van der Waals surface area contributed by atoms with Crippen molar-refractivity contribution in [3.8, 4) is 0 Å². The van der Waals surface area contributed by atoms with Gasteiger partial charge in [0.25, 0.3) is 0 Å². The predicted molar refractivity (Wildman–Crippen MR) is 102 cm³/mol. The van der Waals surface area contributed by atoms with Crippen molar-refractivity contribution in [2.75, 3.05) is 18.4 Å². The molecule has 3 N–H and O–H groups in total. The normalized spacial score (nSPS) is 17.4. The van der Waals surface area contributed by atoms with E-state index in [-0.39, 0.29) is 11.9 Å². The molecule has 0 bridgehead atoms. The molecule has 3 nitrogen and oxygen atoms in total. The number of likely N-dealkylation sites (tertiary alicyclic amines) is 1. The minimum atomic E-state index is -0.247. The number of halogens is 1. The summed E-state index contributed by atoms with van der Waals surface area (Å²) in [5.41, 5.74) is 0.794. The maximum absolute atomic E-state index is 13.0. The van der Waals surface area contributed by atoms with Crippen LogP contribution in [0.15, 0.2) is 41.8 Å². The predicted octanol–water partition coefficient (Wildman–Crippen LogP) is 2.98. The number of benzene rings is 1. The molecule has 1 aliphatic rings. The first kappa shape index (κ1) is 17.3. The Bertz CT molecular complexity index is 651. The fourth-order valence-electron chi connectivity index (χ4n) is 3.40. The fourth-order valence-corrected chi connectivity index (χ4v) is 4.69. The van der Waals surface area contributed by atoms with E-state index in [2.05, 4.69) is 35.1 Å². The van der Waals surface area contributed by atoms with Gasteiger partial charge in [0.1, 0.15) is 11.9 Å². The average molecular weight is 365 g/mol. The summed E-state index contributed by atoms with van der Waals surface area (Å²) in [5.74, 6) is -0.247. The van der Waals surface area contributed by atoms with Crippen molar-refractivity contribution in [2.24, 2.45) is 0 Å². The quantitative estimate of drug-likeness (QED) is 0.713. The lowest BCUT2D eigenvalue weighted by atomic mass is 10.1. The number of thiocarbonyl (C=S) groups is 1. The van der Waals surface area contributed by atoms with Crippen LogP contribution in [0.3, 0.4) is 0 Å². The number of nitrogens with one attached hydrogen (secondary N) is 3. The molecule has 0 unspecified atom stereocenters. The van der Waals surface area contributed by atoms with Crippen molar-refractivity contribution in [1.82, 2.24) is 5.32 Å². The minimum Gasteiger partial charge on any atom is -0.354 e. The van der Waals surface area contributed by atoms with E-state index >= 15 is 0 Å². The Morgan fingerprint density at radius 2 is 1.92 bits per heavy atom. The fraction of sp³-hybridized carbons (Fsp3) is 0.389. The Morgan fingerprint density at radius 3 is 2.54 bits per heavy atom. The van der Waals surface area contributed by atoms with Crippen LogP contribution in [0.25, 0.3) is 0 Å². The molecule has 1 aromatic carbocycles. The minimum absolute atomic E-state index is 0.220. The Morgan fingerprint density at radius 1 is 1.21 bits per heavy atom. The van der Waals surface area contributed by atoms with Gasteiger partial charge in [-0.15, -0.1) is 11.3 Å². The van der Waals surface area contributed by atoms with E-state index in [9.17, 15) is 4.39 Å². The largest absolute Gasteiger partial charge is 0.354 e. The average Bonchev–Trinajstić information content (AvgIpc) is 3.24. The molecule has 24 heavy (non-hydrogen) atoms. The number of thiophene rings is 1. The van der Waals surface area contributed by atoms with E-state index in [0.29, 0.717) is 11.2 Å². The molecule has 2 atom stereocenters. The number of hydrogen-bond acceptors (Lipinski definition) is 2. The van der Waals surface area contributed by atoms with Crippen molar-refractivity contribution in [3.05, 3.63) is 52.5 Å². The van der Waals surface area contributed by atoms with Gasteiger partial charge in [-0.2, -0.15) is 0 Å². The molecule has 0 spiro atoms. The summed E-state index contributed by atoms with van der Waals surface area (Å²) in [7, 11) is 0. The Labute approximate surface area is 151 Å². The summed E-state index contributed by atoms with van der Waals surface area (Å²) in [6.45, 7) is 4.62. The van der Waals surface area contributed by atoms with Crippen LogP contribution >= 0.6 is 23.6 Å². The highest BCUT2D eigenvalue weighted by atomic mass is 32.1. The van der Waals surface area contributed by atoms with Gasteiger partial charge in [0.05, 0.1) is 24.0 Å². The van der Waals surface area contributed by atoms with E-state index in [1.54, 1.807) is 17.0 Å². The van der Waals surface area contributed by atoms with Crippen LogP contribution in [0.2, 0.25) is 0 Å². The molecule has 2 aromatic rings. The topological polar surface area (TPSA) is 28.5 Å². The third-order valence-corrected chi connectivity index (χ3v) is 5.67. The number of anilines is 1. The van der Waals surface area contributed by atoms with Gasteiger partial charge >= 0.3 is 0 Å². The second-order valence-corrected chi connectivity index (χ2v) is 7.64. The van der Waals surface area contributed by atoms with Gasteiger partial charge in [-0.3, -0.25) is 0 Å². The molecule has 1 aromatic heterocycles. The summed E-state index contributed by atoms with van der Waals surface area (Å²) in [5, 5.41) is 9.28. The lowest BCUT2D eigenvalue weighted by molar-refractivity contribution is -0.920. The molecule has 3 rings (SSSR count). The third kappa shape index (κ3) is 4.32. The van der Waals surface area contributed by atoms with E-state index in [1.807, 2.05) is 11.3 Å². The second kappa shape index (κ2) is 8.05. The van der Waals surface area contributed by atoms with Gasteiger partial charge in [-0.25, -0.2) is 4.39 Å². The molecule has 1 fully saturated rings. The molecule has 2 heterocycles. The molecular formula is C18H23FN3S2+. The van der Waals surface area contributed by atoms with Crippen LogP contribution in [0.4, 0.5) is 10.1 Å². The van der Waals surface area contributed by atoms with Crippen LogP contribution in [0.1, 0.15) is 30.7 Å².